The maximum absolute atomic E-state index is 12.4. The predicted octanol–water partition coefficient (Wildman–Crippen LogP) is 1.46. The average molecular weight is 248 g/mol. The van der Waals surface area contributed by atoms with Gasteiger partial charge in [-0.2, -0.15) is 0 Å². The topological polar surface area (TPSA) is 55.6 Å². The van der Waals surface area contributed by atoms with Crippen LogP contribution in [0.4, 0.5) is 5.69 Å². The number of carbonyl (C=O) groups excluding carboxylic acids is 1. The van der Waals surface area contributed by atoms with Gasteiger partial charge in [0.25, 0.3) is 5.91 Å². The first-order valence-corrected chi connectivity index (χ1v) is 6.21. The van der Waals surface area contributed by atoms with E-state index in [1.807, 2.05) is 31.2 Å². The molecule has 0 radical (unpaired) electrons. The van der Waals surface area contributed by atoms with Crippen molar-refractivity contribution in [3.8, 4) is 0 Å². The van der Waals surface area contributed by atoms with E-state index in [1.54, 1.807) is 18.7 Å². The Morgan fingerprint density at radius 2 is 2.11 bits per heavy atom. The van der Waals surface area contributed by atoms with Crippen LogP contribution in [0.2, 0.25) is 0 Å². The van der Waals surface area contributed by atoms with E-state index in [0.717, 1.165) is 11.3 Å². The second kappa shape index (κ2) is 4.71. The second-order valence-electron chi connectivity index (χ2n) is 5.19. The SMILES string of the molecule is Cc1ccccc1N1CC(CN)OC(C)(C)C1=O. The number of carbonyl (C=O) groups is 1. The van der Waals surface area contributed by atoms with Gasteiger partial charge in [-0.25, -0.2) is 0 Å². The summed E-state index contributed by atoms with van der Waals surface area (Å²) in [5.74, 6) is -0.0125. The molecule has 2 N–H and O–H groups in total. The first kappa shape index (κ1) is 13.1. The highest BCUT2D eigenvalue weighted by atomic mass is 16.5. The van der Waals surface area contributed by atoms with Gasteiger partial charge in [-0.1, -0.05) is 18.2 Å². The molecule has 2 rings (SSSR count). The quantitative estimate of drug-likeness (QED) is 0.862. The number of para-hydroxylation sites is 1. The number of benzene rings is 1. The molecule has 1 amide bonds. The van der Waals surface area contributed by atoms with Crippen LogP contribution in [0.5, 0.6) is 0 Å². The Balaban J connectivity index is 2.37. The van der Waals surface area contributed by atoms with Gasteiger partial charge in [-0.3, -0.25) is 4.79 Å². The van der Waals surface area contributed by atoms with Crippen LogP contribution < -0.4 is 10.6 Å². The van der Waals surface area contributed by atoms with Gasteiger partial charge in [0.05, 0.1) is 12.6 Å². The number of hydrogen-bond acceptors (Lipinski definition) is 3. The van der Waals surface area contributed by atoms with E-state index in [4.69, 9.17) is 10.5 Å². The van der Waals surface area contributed by atoms with Crippen molar-refractivity contribution in [2.45, 2.75) is 32.5 Å². The van der Waals surface area contributed by atoms with Gasteiger partial charge < -0.3 is 15.4 Å². The second-order valence-corrected chi connectivity index (χ2v) is 5.19. The minimum atomic E-state index is -0.815. The molecule has 1 aliphatic rings. The van der Waals surface area contributed by atoms with Crippen molar-refractivity contribution in [3.63, 3.8) is 0 Å². The van der Waals surface area contributed by atoms with E-state index in [0.29, 0.717) is 13.1 Å². The standard InChI is InChI=1S/C14H20N2O2/c1-10-6-4-5-7-12(10)16-9-11(8-15)18-14(2,3)13(16)17/h4-7,11H,8-9,15H2,1-3H3. The number of hydrogen-bond donors (Lipinski definition) is 1. The van der Waals surface area contributed by atoms with Crippen LogP contribution in [0, 0.1) is 6.92 Å². The molecule has 1 aromatic carbocycles. The zero-order chi connectivity index (χ0) is 13.3. The van der Waals surface area contributed by atoms with E-state index < -0.39 is 5.60 Å². The first-order chi connectivity index (χ1) is 8.45. The summed E-state index contributed by atoms with van der Waals surface area (Å²) in [6.45, 7) is 6.52. The Morgan fingerprint density at radius 3 is 2.72 bits per heavy atom. The van der Waals surface area contributed by atoms with E-state index >= 15 is 0 Å². The number of rotatable bonds is 2. The van der Waals surface area contributed by atoms with Crippen LogP contribution in [-0.2, 0) is 9.53 Å². The van der Waals surface area contributed by atoms with Crippen LogP contribution >= 0.6 is 0 Å². The van der Waals surface area contributed by atoms with Gasteiger partial charge in [-0.05, 0) is 32.4 Å². The molecule has 0 aliphatic carbocycles. The smallest absolute Gasteiger partial charge is 0.258 e. The normalized spacial score (nSPS) is 23.2. The Bertz CT molecular complexity index is 457. The molecular weight excluding hydrogens is 228 g/mol. The molecule has 1 atom stereocenters. The van der Waals surface area contributed by atoms with Crippen molar-refractivity contribution in [1.29, 1.82) is 0 Å². The maximum atomic E-state index is 12.4. The molecule has 1 saturated heterocycles. The molecule has 18 heavy (non-hydrogen) atoms. The first-order valence-electron chi connectivity index (χ1n) is 6.21. The molecule has 0 spiro atoms. The Morgan fingerprint density at radius 1 is 1.44 bits per heavy atom. The predicted molar refractivity (Wildman–Crippen MR) is 71.5 cm³/mol. The Kier molecular flexibility index (Phi) is 3.41. The highest BCUT2D eigenvalue weighted by Gasteiger charge is 2.41. The van der Waals surface area contributed by atoms with Crippen molar-refractivity contribution in [2.75, 3.05) is 18.0 Å². The van der Waals surface area contributed by atoms with Crippen LogP contribution in [0.25, 0.3) is 0 Å². The number of nitrogens with two attached hydrogens (primary N) is 1. The summed E-state index contributed by atoms with van der Waals surface area (Å²) in [5.41, 5.74) is 6.89. The number of ether oxygens (including phenoxy) is 1. The highest BCUT2D eigenvalue weighted by molar-refractivity contribution is 6.00. The highest BCUT2D eigenvalue weighted by Crippen LogP contribution is 2.29. The number of nitrogens with zero attached hydrogens (tertiary/aromatic N) is 1. The minimum absolute atomic E-state index is 0.0125. The minimum Gasteiger partial charge on any atom is -0.359 e. The van der Waals surface area contributed by atoms with Crippen LogP contribution in [-0.4, -0.2) is 30.7 Å². The van der Waals surface area contributed by atoms with Crippen LogP contribution in [0.3, 0.4) is 0 Å². The number of anilines is 1. The summed E-state index contributed by atoms with van der Waals surface area (Å²) in [5, 5.41) is 0. The van der Waals surface area contributed by atoms with Gasteiger partial charge >= 0.3 is 0 Å². The third-order valence-corrected chi connectivity index (χ3v) is 3.28. The van der Waals surface area contributed by atoms with Gasteiger partial charge in [0, 0.05) is 12.2 Å². The van der Waals surface area contributed by atoms with Crippen molar-refractivity contribution in [1.82, 2.24) is 0 Å². The lowest BCUT2D eigenvalue weighted by molar-refractivity contribution is -0.153. The van der Waals surface area contributed by atoms with Crippen LogP contribution in [0.1, 0.15) is 19.4 Å². The average Bonchev–Trinajstić information content (AvgIpc) is 2.33. The van der Waals surface area contributed by atoms with Gasteiger partial charge in [0.15, 0.2) is 0 Å². The van der Waals surface area contributed by atoms with E-state index in [9.17, 15) is 4.79 Å². The van der Waals surface area contributed by atoms with Crippen molar-refractivity contribution >= 4 is 11.6 Å². The van der Waals surface area contributed by atoms with Crippen molar-refractivity contribution in [3.05, 3.63) is 29.8 Å². The lowest BCUT2D eigenvalue weighted by Crippen LogP contribution is -2.59. The summed E-state index contributed by atoms with van der Waals surface area (Å²) >= 11 is 0. The summed E-state index contributed by atoms with van der Waals surface area (Å²) in [4.78, 5) is 14.2. The zero-order valence-electron chi connectivity index (χ0n) is 11.1. The lowest BCUT2D eigenvalue weighted by atomic mass is 10.0. The molecule has 0 bridgehead atoms. The fourth-order valence-corrected chi connectivity index (χ4v) is 2.31. The molecule has 0 saturated carbocycles. The number of morpholine rings is 1. The third kappa shape index (κ3) is 2.26. The molecular formula is C14H20N2O2. The molecule has 1 aromatic rings. The van der Waals surface area contributed by atoms with Gasteiger partial charge in [0.1, 0.15) is 5.60 Å². The van der Waals surface area contributed by atoms with Crippen LogP contribution in [0.15, 0.2) is 24.3 Å². The Hall–Kier alpha value is -1.39. The summed E-state index contributed by atoms with van der Waals surface area (Å²) in [6.07, 6.45) is -0.114. The molecule has 1 aliphatic heterocycles. The summed E-state index contributed by atoms with van der Waals surface area (Å²) in [7, 11) is 0. The molecule has 1 fully saturated rings. The van der Waals surface area contributed by atoms with E-state index in [-0.39, 0.29) is 12.0 Å². The summed E-state index contributed by atoms with van der Waals surface area (Å²) in [6, 6.07) is 7.87. The molecule has 98 valence electrons. The molecule has 1 unspecified atom stereocenters. The Labute approximate surface area is 108 Å². The number of aryl methyl sites for hydroxylation is 1. The molecule has 1 heterocycles. The summed E-state index contributed by atoms with van der Waals surface area (Å²) < 4.78 is 5.71. The number of amides is 1. The largest absolute Gasteiger partial charge is 0.359 e. The third-order valence-electron chi connectivity index (χ3n) is 3.28. The van der Waals surface area contributed by atoms with Crippen molar-refractivity contribution in [2.24, 2.45) is 5.73 Å². The maximum Gasteiger partial charge on any atom is 0.258 e. The van der Waals surface area contributed by atoms with E-state index in [2.05, 4.69) is 0 Å². The monoisotopic (exact) mass is 248 g/mol. The van der Waals surface area contributed by atoms with Gasteiger partial charge in [-0.15, -0.1) is 0 Å². The molecule has 4 heteroatoms. The van der Waals surface area contributed by atoms with Crippen molar-refractivity contribution < 1.29 is 9.53 Å². The lowest BCUT2D eigenvalue weighted by Gasteiger charge is -2.42. The fourth-order valence-electron chi connectivity index (χ4n) is 2.31. The molecule has 0 aromatic heterocycles. The van der Waals surface area contributed by atoms with Gasteiger partial charge in [0.2, 0.25) is 0 Å². The molecule has 4 nitrogen and oxygen atoms in total. The van der Waals surface area contributed by atoms with E-state index in [1.165, 1.54) is 0 Å². The zero-order valence-corrected chi connectivity index (χ0v) is 11.1. The fraction of sp³-hybridized carbons (Fsp3) is 0.500.